The molecule has 2 aromatic carbocycles. The largest absolute Gasteiger partial charge is 0.338 e. The van der Waals surface area contributed by atoms with E-state index in [-0.39, 0.29) is 28.9 Å². The highest BCUT2D eigenvalue weighted by Crippen LogP contribution is 2.20. The molecule has 1 atom stereocenters. The van der Waals surface area contributed by atoms with Crippen molar-refractivity contribution in [1.29, 1.82) is 0 Å². The molecule has 1 aliphatic heterocycles. The van der Waals surface area contributed by atoms with Gasteiger partial charge < -0.3 is 10.2 Å². The Morgan fingerprint density at radius 3 is 2.39 bits per heavy atom. The van der Waals surface area contributed by atoms with E-state index < -0.39 is 15.8 Å². The third kappa shape index (κ3) is 5.21. The van der Waals surface area contributed by atoms with Crippen LogP contribution in [0.4, 0.5) is 10.1 Å². The first kappa shape index (κ1) is 22.1. The molecule has 2 N–H and O–H groups in total. The molecule has 0 bridgehead atoms. The van der Waals surface area contributed by atoms with Crippen LogP contribution in [0.3, 0.4) is 0 Å². The minimum absolute atomic E-state index is 0. The summed E-state index contributed by atoms with van der Waals surface area (Å²) in [6.07, 6.45) is 0.959. The molecule has 1 saturated heterocycles. The van der Waals surface area contributed by atoms with Crippen LogP contribution < -0.4 is 10.0 Å². The number of sulfonamides is 1. The Morgan fingerprint density at radius 2 is 1.79 bits per heavy atom. The third-order valence-corrected chi connectivity index (χ3v) is 5.97. The molecule has 2 aromatic rings. The molecule has 6 nitrogen and oxygen atoms in total. The smallest absolute Gasteiger partial charge is 0.261 e. The number of benzene rings is 2. The van der Waals surface area contributed by atoms with Crippen LogP contribution in [-0.2, 0) is 10.0 Å². The van der Waals surface area contributed by atoms with Gasteiger partial charge in [-0.15, -0.1) is 12.4 Å². The van der Waals surface area contributed by atoms with Crippen molar-refractivity contribution in [2.75, 3.05) is 31.4 Å². The van der Waals surface area contributed by atoms with Crippen molar-refractivity contribution in [3.8, 4) is 0 Å². The van der Waals surface area contributed by atoms with E-state index in [9.17, 15) is 17.6 Å². The average Bonchev–Trinajstić information content (AvgIpc) is 3.12. The maximum absolute atomic E-state index is 12.9. The van der Waals surface area contributed by atoms with Gasteiger partial charge in [-0.2, -0.15) is 0 Å². The van der Waals surface area contributed by atoms with Gasteiger partial charge in [-0.1, -0.05) is 0 Å². The van der Waals surface area contributed by atoms with Crippen molar-refractivity contribution < 1.29 is 17.6 Å². The van der Waals surface area contributed by atoms with Crippen LogP contribution in [0.15, 0.2) is 53.4 Å². The van der Waals surface area contributed by atoms with Crippen molar-refractivity contribution >= 4 is 34.0 Å². The number of carbonyl (C=O) groups is 1. The van der Waals surface area contributed by atoms with Gasteiger partial charge in [-0.05, 0) is 74.5 Å². The van der Waals surface area contributed by atoms with Gasteiger partial charge in [0.05, 0.1) is 4.90 Å². The second-order valence-corrected chi connectivity index (χ2v) is 8.28. The van der Waals surface area contributed by atoms with Crippen molar-refractivity contribution in [1.82, 2.24) is 10.2 Å². The molecule has 0 aromatic heterocycles. The summed E-state index contributed by atoms with van der Waals surface area (Å²) in [6, 6.07) is 10.9. The van der Waals surface area contributed by atoms with Crippen LogP contribution in [0.1, 0.15) is 16.8 Å². The lowest BCUT2D eigenvalue weighted by atomic mass is 10.1. The van der Waals surface area contributed by atoms with Crippen molar-refractivity contribution in [2.45, 2.75) is 11.3 Å². The first-order chi connectivity index (χ1) is 12.9. The van der Waals surface area contributed by atoms with Crippen LogP contribution in [0.5, 0.6) is 0 Å². The molecule has 1 aliphatic rings. The fraction of sp³-hybridized carbons (Fsp3) is 0.316. The molecular formula is C19H23ClFN3O3S. The number of likely N-dealkylation sites (tertiary alicyclic amines) is 1. The molecule has 1 heterocycles. The lowest BCUT2D eigenvalue weighted by Gasteiger charge is -2.17. The van der Waals surface area contributed by atoms with E-state index in [1.54, 1.807) is 4.90 Å². The molecule has 1 fully saturated rings. The van der Waals surface area contributed by atoms with Crippen molar-refractivity contribution in [3.63, 3.8) is 0 Å². The number of rotatable bonds is 6. The standard InChI is InChI=1S/C19H22FN3O3S.ClH/c1-21-12-14-10-11-23(13-14)19(24)15-2-8-18(9-3-15)27(25,26)22-17-6-4-16(20)5-7-17;/h2-9,14,21-22H,10-13H2,1H3;1H. The highest BCUT2D eigenvalue weighted by atomic mass is 35.5. The molecule has 152 valence electrons. The SMILES string of the molecule is CNCC1CCN(C(=O)c2ccc(S(=O)(=O)Nc3ccc(F)cc3)cc2)C1.Cl. The minimum atomic E-state index is -3.81. The van der Waals surface area contributed by atoms with E-state index in [1.807, 2.05) is 7.05 Å². The van der Waals surface area contributed by atoms with Crippen LogP contribution in [0, 0.1) is 11.7 Å². The zero-order chi connectivity index (χ0) is 19.4. The van der Waals surface area contributed by atoms with Gasteiger partial charge in [0.2, 0.25) is 0 Å². The maximum atomic E-state index is 12.9. The monoisotopic (exact) mass is 427 g/mol. The molecule has 1 unspecified atom stereocenters. The van der Waals surface area contributed by atoms with Crippen LogP contribution in [0.2, 0.25) is 0 Å². The van der Waals surface area contributed by atoms with Crippen LogP contribution >= 0.6 is 12.4 Å². The number of carbonyl (C=O) groups excluding carboxylic acids is 1. The number of hydrogen-bond acceptors (Lipinski definition) is 4. The molecule has 0 saturated carbocycles. The number of amides is 1. The Labute approximate surface area is 170 Å². The fourth-order valence-corrected chi connectivity index (χ4v) is 4.22. The third-order valence-electron chi connectivity index (χ3n) is 4.57. The molecule has 28 heavy (non-hydrogen) atoms. The van der Waals surface area contributed by atoms with E-state index in [4.69, 9.17) is 0 Å². The molecule has 9 heteroatoms. The number of nitrogens with zero attached hydrogens (tertiary/aromatic N) is 1. The average molecular weight is 428 g/mol. The summed E-state index contributed by atoms with van der Waals surface area (Å²) in [6.45, 7) is 2.28. The summed E-state index contributed by atoms with van der Waals surface area (Å²) in [5, 5.41) is 3.12. The van der Waals surface area contributed by atoms with E-state index in [1.165, 1.54) is 48.5 Å². The van der Waals surface area contributed by atoms with Gasteiger partial charge >= 0.3 is 0 Å². The number of anilines is 1. The highest BCUT2D eigenvalue weighted by Gasteiger charge is 2.26. The molecule has 0 aliphatic carbocycles. The van der Waals surface area contributed by atoms with Crippen molar-refractivity contribution in [3.05, 3.63) is 59.9 Å². The van der Waals surface area contributed by atoms with E-state index in [0.717, 1.165) is 13.0 Å². The maximum Gasteiger partial charge on any atom is 0.261 e. The zero-order valence-corrected chi connectivity index (χ0v) is 17.0. The summed E-state index contributed by atoms with van der Waals surface area (Å²) < 4.78 is 40.2. The normalized spacial score (nSPS) is 16.5. The van der Waals surface area contributed by atoms with Gasteiger partial charge in [0.25, 0.3) is 15.9 Å². The molecule has 0 radical (unpaired) electrons. The molecule has 1 amide bonds. The Morgan fingerprint density at radius 1 is 1.14 bits per heavy atom. The highest BCUT2D eigenvalue weighted by molar-refractivity contribution is 7.92. The number of halogens is 2. The first-order valence-corrected chi connectivity index (χ1v) is 10.2. The minimum Gasteiger partial charge on any atom is -0.338 e. The van der Waals surface area contributed by atoms with E-state index >= 15 is 0 Å². The molecule has 0 spiro atoms. The Kier molecular flexibility index (Phi) is 7.40. The van der Waals surface area contributed by atoms with Gasteiger partial charge in [-0.25, -0.2) is 12.8 Å². The predicted octanol–water partition coefficient (Wildman–Crippen LogP) is 2.73. The second kappa shape index (κ2) is 9.36. The van der Waals surface area contributed by atoms with Gasteiger partial charge in [0, 0.05) is 24.3 Å². The van der Waals surface area contributed by atoms with Gasteiger partial charge in [0.1, 0.15) is 5.82 Å². The summed E-state index contributed by atoms with van der Waals surface area (Å²) in [7, 11) is -1.92. The first-order valence-electron chi connectivity index (χ1n) is 8.71. The van der Waals surface area contributed by atoms with Gasteiger partial charge in [0.15, 0.2) is 0 Å². The number of nitrogens with one attached hydrogen (secondary N) is 2. The predicted molar refractivity (Wildman–Crippen MR) is 109 cm³/mol. The second-order valence-electron chi connectivity index (χ2n) is 6.60. The van der Waals surface area contributed by atoms with E-state index in [0.29, 0.717) is 24.6 Å². The Hall–Kier alpha value is -2.16. The zero-order valence-electron chi connectivity index (χ0n) is 15.4. The summed E-state index contributed by atoms with van der Waals surface area (Å²) in [4.78, 5) is 14.4. The summed E-state index contributed by atoms with van der Waals surface area (Å²) >= 11 is 0. The Balaban J connectivity index is 0.00000280. The summed E-state index contributed by atoms with van der Waals surface area (Å²) in [5.41, 5.74) is 0.727. The fourth-order valence-electron chi connectivity index (χ4n) is 3.16. The number of hydrogen-bond donors (Lipinski definition) is 2. The molecular weight excluding hydrogens is 405 g/mol. The lowest BCUT2D eigenvalue weighted by molar-refractivity contribution is 0.0787. The lowest BCUT2D eigenvalue weighted by Crippen LogP contribution is -2.30. The van der Waals surface area contributed by atoms with Crippen molar-refractivity contribution in [2.24, 2.45) is 5.92 Å². The van der Waals surface area contributed by atoms with E-state index in [2.05, 4.69) is 10.0 Å². The summed E-state index contributed by atoms with van der Waals surface area (Å²) in [5.74, 6) is -0.0952. The van der Waals surface area contributed by atoms with Crippen LogP contribution in [-0.4, -0.2) is 45.9 Å². The Bertz CT molecular complexity index is 905. The topological polar surface area (TPSA) is 78.5 Å². The van der Waals surface area contributed by atoms with Gasteiger partial charge in [-0.3, -0.25) is 9.52 Å². The quantitative estimate of drug-likeness (QED) is 0.743. The van der Waals surface area contributed by atoms with Crippen LogP contribution in [0.25, 0.3) is 0 Å². The molecule has 3 rings (SSSR count).